The van der Waals surface area contributed by atoms with E-state index in [1.54, 1.807) is 6.07 Å². The molecule has 0 radical (unpaired) electrons. The van der Waals surface area contributed by atoms with Gasteiger partial charge in [-0.3, -0.25) is 4.79 Å². The van der Waals surface area contributed by atoms with Gasteiger partial charge in [0.1, 0.15) is 18.1 Å². The minimum atomic E-state index is -0.175. The molecule has 1 N–H and O–H groups in total. The van der Waals surface area contributed by atoms with Crippen LogP contribution in [0, 0.1) is 0 Å². The molecule has 1 heterocycles. The third-order valence-corrected chi connectivity index (χ3v) is 6.07. The van der Waals surface area contributed by atoms with Crippen LogP contribution < -0.4 is 10.1 Å². The van der Waals surface area contributed by atoms with Crippen molar-refractivity contribution in [3.8, 4) is 5.75 Å². The summed E-state index contributed by atoms with van der Waals surface area (Å²) in [6.45, 7) is 9.85. The third-order valence-electron chi connectivity index (χ3n) is 6.07. The molecular weight excluding hydrogens is 424 g/mol. The second-order valence-electron chi connectivity index (χ2n) is 9.12. The Morgan fingerprint density at radius 3 is 2.38 bits per heavy atom. The first-order valence-corrected chi connectivity index (χ1v) is 12.8. The summed E-state index contributed by atoms with van der Waals surface area (Å²) in [5.41, 5.74) is 0. The fourth-order valence-electron chi connectivity index (χ4n) is 4.24. The third kappa shape index (κ3) is 7.91. The average molecular weight is 465 g/mol. The number of amides is 1. The Labute approximate surface area is 204 Å². The van der Waals surface area contributed by atoms with Crippen LogP contribution in [0.5, 0.6) is 5.75 Å². The van der Waals surface area contributed by atoms with E-state index in [1.807, 2.05) is 36.4 Å². The fraction of sp³-hybridized carbons (Fsp3) is 0.483. The highest BCUT2D eigenvalue weighted by atomic mass is 16.5. The fourth-order valence-corrected chi connectivity index (χ4v) is 4.24. The minimum absolute atomic E-state index is 0.0521. The Balaban J connectivity index is 1.51. The van der Waals surface area contributed by atoms with E-state index in [-0.39, 0.29) is 18.6 Å². The molecule has 0 bridgehead atoms. The predicted molar refractivity (Wildman–Crippen MR) is 139 cm³/mol. The number of ether oxygens (including phenoxy) is 1. The van der Waals surface area contributed by atoms with Crippen LogP contribution in [0.25, 0.3) is 10.8 Å². The van der Waals surface area contributed by atoms with Gasteiger partial charge in [-0.1, -0.05) is 75.9 Å². The number of carbonyl (C=O) groups excluding carboxylic acids is 1. The molecule has 0 fully saturated rings. The quantitative estimate of drug-likeness (QED) is 0.251. The molecule has 5 heteroatoms. The van der Waals surface area contributed by atoms with Gasteiger partial charge in [-0.05, 0) is 56.4 Å². The van der Waals surface area contributed by atoms with Gasteiger partial charge in [0.15, 0.2) is 5.76 Å². The van der Waals surface area contributed by atoms with Crippen molar-refractivity contribution < 1.29 is 13.9 Å². The summed E-state index contributed by atoms with van der Waals surface area (Å²) in [5, 5.41) is 5.30. The first-order valence-electron chi connectivity index (χ1n) is 12.8. The summed E-state index contributed by atoms with van der Waals surface area (Å²) in [7, 11) is 0. The zero-order chi connectivity index (χ0) is 24.2. The van der Waals surface area contributed by atoms with Gasteiger partial charge in [0.2, 0.25) is 0 Å². The number of rotatable bonds is 15. The Kier molecular flexibility index (Phi) is 10.5. The van der Waals surface area contributed by atoms with E-state index in [0.29, 0.717) is 11.5 Å². The zero-order valence-corrected chi connectivity index (χ0v) is 21.0. The molecule has 3 rings (SSSR count). The minimum Gasteiger partial charge on any atom is -0.485 e. The van der Waals surface area contributed by atoms with E-state index < -0.39 is 0 Å². The highest BCUT2D eigenvalue weighted by molar-refractivity contribution is 5.91. The number of fused-ring (bicyclic) bond motifs is 1. The highest BCUT2D eigenvalue weighted by Gasteiger charge is 2.17. The SMILES string of the molecule is CCCCCN(CCCCC)CC(C)NC(=O)c1ccc(COc2cccc3ccccc23)o1. The van der Waals surface area contributed by atoms with Crippen LogP contribution in [0.1, 0.15) is 75.6 Å². The van der Waals surface area contributed by atoms with Gasteiger partial charge in [-0.25, -0.2) is 0 Å². The van der Waals surface area contributed by atoms with Gasteiger partial charge in [-0.2, -0.15) is 0 Å². The van der Waals surface area contributed by atoms with Crippen molar-refractivity contribution in [2.45, 2.75) is 71.9 Å². The Bertz CT molecular complexity index is 998. The van der Waals surface area contributed by atoms with Crippen LogP contribution in [0.2, 0.25) is 0 Å². The van der Waals surface area contributed by atoms with E-state index in [9.17, 15) is 4.79 Å². The zero-order valence-electron chi connectivity index (χ0n) is 21.0. The van der Waals surface area contributed by atoms with Gasteiger partial charge >= 0.3 is 0 Å². The summed E-state index contributed by atoms with van der Waals surface area (Å²) < 4.78 is 11.8. The molecular formula is C29H40N2O3. The smallest absolute Gasteiger partial charge is 0.287 e. The van der Waals surface area contributed by atoms with Gasteiger partial charge in [-0.15, -0.1) is 0 Å². The van der Waals surface area contributed by atoms with Gasteiger partial charge in [0.25, 0.3) is 5.91 Å². The molecule has 5 nitrogen and oxygen atoms in total. The highest BCUT2D eigenvalue weighted by Crippen LogP contribution is 2.26. The predicted octanol–water partition coefficient (Wildman–Crippen LogP) is 6.81. The monoisotopic (exact) mass is 464 g/mol. The Hall–Kier alpha value is -2.79. The number of benzene rings is 2. The van der Waals surface area contributed by atoms with Crippen LogP contribution in [0.15, 0.2) is 59.0 Å². The molecule has 1 atom stereocenters. The molecule has 0 aliphatic rings. The summed E-state index contributed by atoms with van der Waals surface area (Å²) in [6.07, 6.45) is 7.37. The van der Waals surface area contributed by atoms with Crippen LogP contribution in [-0.2, 0) is 6.61 Å². The maximum Gasteiger partial charge on any atom is 0.287 e. The molecule has 2 aromatic carbocycles. The summed E-state index contributed by atoms with van der Waals surface area (Å²) in [5.74, 6) is 1.59. The number of nitrogens with one attached hydrogen (secondary N) is 1. The Morgan fingerprint density at radius 1 is 0.941 bits per heavy atom. The second-order valence-corrected chi connectivity index (χ2v) is 9.12. The van der Waals surface area contributed by atoms with Gasteiger partial charge in [0.05, 0.1) is 0 Å². The number of hydrogen-bond donors (Lipinski definition) is 1. The van der Waals surface area contributed by atoms with Crippen molar-refractivity contribution in [1.29, 1.82) is 0 Å². The van der Waals surface area contributed by atoms with Crippen molar-refractivity contribution in [2.75, 3.05) is 19.6 Å². The molecule has 0 saturated carbocycles. The lowest BCUT2D eigenvalue weighted by atomic mass is 10.1. The van der Waals surface area contributed by atoms with Gasteiger partial charge < -0.3 is 19.4 Å². The average Bonchev–Trinajstić information content (AvgIpc) is 3.32. The number of carbonyl (C=O) groups is 1. The first-order chi connectivity index (χ1) is 16.6. The maximum atomic E-state index is 12.8. The summed E-state index contributed by atoms with van der Waals surface area (Å²) in [4.78, 5) is 15.2. The lowest BCUT2D eigenvalue weighted by Gasteiger charge is -2.26. The lowest BCUT2D eigenvalue weighted by Crippen LogP contribution is -2.42. The van der Waals surface area contributed by atoms with Crippen molar-refractivity contribution >= 4 is 16.7 Å². The molecule has 1 aromatic heterocycles. The lowest BCUT2D eigenvalue weighted by molar-refractivity contribution is 0.0896. The maximum absolute atomic E-state index is 12.8. The van der Waals surface area contributed by atoms with Crippen LogP contribution in [0.3, 0.4) is 0 Å². The van der Waals surface area contributed by atoms with Crippen LogP contribution in [0.4, 0.5) is 0 Å². The molecule has 3 aromatic rings. The topological polar surface area (TPSA) is 54.7 Å². The van der Waals surface area contributed by atoms with E-state index in [2.05, 4.69) is 43.1 Å². The van der Waals surface area contributed by atoms with Crippen LogP contribution in [-0.4, -0.2) is 36.5 Å². The first kappa shape index (κ1) is 25.8. The molecule has 34 heavy (non-hydrogen) atoms. The van der Waals surface area contributed by atoms with Crippen LogP contribution >= 0.6 is 0 Å². The molecule has 1 amide bonds. The second kappa shape index (κ2) is 13.8. The van der Waals surface area contributed by atoms with E-state index >= 15 is 0 Å². The van der Waals surface area contributed by atoms with Crippen molar-refractivity contribution in [2.24, 2.45) is 0 Å². The number of furan rings is 1. The summed E-state index contributed by atoms with van der Waals surface area (Å²) >= 11 is 0. The van der Waals surface area contributed by atoms with E-state index in [1.165, 1.54) is 38.5 Å². The molecule has 184 valence electrons. The molecule has 0 spiro atoms. The van der Waals surface area contributed by atoms with Crippen molar-refractivity contribution in [3.63, 3.8) is 0 Å². The van der Waals surface area contributed by atoms with Gasteiger partial charge in [0, 0.05) is 18.0 Å². The van der Waals surface area contributed by atoms with E-state index in [0.717, 1.165) is 36.2 Å². The standard InChI is InChI=1S/C29H40N2O3/c1-4-6-10-19-31(20-11-7-5-2)21-23(3)30-29(32)28-18-17-25(34-28)22-33-27-16-12-14-24-13-8-9-15-26(24)27/h8-9,12-18,23H,4-7,10-11,19-22H2,1-3H3,(H,30,32). The number of unbranched alkanes of at least 4 members (excludes halogenated alkanes) is 4. The largest absolute Gasteiger partial charge is 0.485 e. The number of nitrogens with zero attached hydrogens (tertiary/aromatic N) is 1. The molecule has 1 unspecified atom stereocenters. The normalized spacial score (nSPS) is 12.2. The molecule has 0 saturated heterocycles. The van der Waals surface area contributed by atoms with Crippen molar-refractivity contribution in [3.05, 3.63) is 66.1 Å². The number of hydrogen-bond acceptors (Lipinski definition) is 4. The summed E-state index contributed by atoms with van der Waals surface area (Å²) in [6, 6.07) is 17.7. The molecule has 0 aliphatic carbocycles. The van der Waals surface area contributed by atoms with Crippen molar-refractivity contribution in [1.82, 2.24) is 10.2 Å². The Morgan fingerprint density at radius 2 is 1.65 bits per heavy atom. The van der Waals surface area contributed by atoms with E-state index in [4.69, 9.17) is 9.15 Å². The molecule has 0 aliphatic heterocycles.